The number of anilines is 2. The summed E-state index contributed by atoms with van der Waals surface area (Å²) < 4.78 is 14.7. The first-order valence-electron chi connectivity index (χ1n) is 12.8. The van der Waals surface area contributed by atoms with Gasteiger partial charge in [0, 0.05) is 41.8 Å². The number of amides is 4. The minimum atomic E-state index is -0.858. The van der Waals surface area contributed by atoms with E-state index in [9.17, 15) is 18.8 Å². The van der Waals surface area contributed by atoms with E-state index >= 15 is 0 Å². The third-order valence-electron chi connectivity index (χ3n) is 6.62. The molecule has 0 aromatic heterocycles. The van der Waals surface area contributed by atoms with Crippen LogP contribution in [0.15, 0.2) is 78.0 Å². The van der Waals surface area contributed by atoms with E-state index in [-0.39, 0.29) is 24.3 Å². The first-order valence-corrected chi connectivity index (χ1v) is 12.8. The van der Waals surface area contributed by atoms with Crippen molar-refractivity contribution in [1.82, 2.24) is 16.0 Å². The minimum Gasteiger partial charge on any atom is -0.398 e. The number of rotatable bonds is 10. The van der Waals surface area contributed by atoms with Crippen LogP contribution in [0.5, 0.6) is 0 Å². The predicted molar refractivity (Wildman–Crippen MR) is 152 cm³/mol. The van der Waals surface area contributed by atoms with Crippen molar-refractivity contribution < 1.29 is 18.8 Å². The Morgan fingerprint density at radius 2 is 1.85 bits per heavy atom. The van der Waals surface area contributed by atoms with Gasteiger partial charge in [0.15, 0.2) is 0 Å². The van der Waals surface area contributed by atoms with Crippen molar-refractivity contribution in [2.24, 2.45) is 0 Å². The number of benzene rings is 3. The van der Waals surface area contributed by atoms with Gasteiger partial charge in [0.1, 0.15) is 5.82 Å². The summed E-state index contributed by atoms with van der Waals surface area (Å²) in [6.45, 7) is 2.08. The Balaban J connectivity index is 1.47. The molecule has 3 aromatic carbocycles. The van der Waals surface area contributed by atoms with Gasteiger partial charge in [0.25, 0.3) is 5.91 Å². The Kier molecular flexibility index (Phi) is 8.90. The number of nitrogens with two attached hydrogens (primary N) is 1. The van der Waals surface area contributed by atoms with E-state index in [0.717, 1.165) is 11.8 Å². The summed E-state index contributed by atoms with van der Waals surface area (Å²) in [5.41, 5.74) is 9.60. The number of nitrogens with one attached hydrogen (secondary N) is 5. The summed E-state index contributed by atoms with van der Waals surface area (Å²) in [4.78, 5) is 38.1. The zero-order chi connectivity index (χ0) is 28.6. The van der Waals surface area contributed by atoms with Gasteiger partial charge in [-0.05, 0) is 60.7 Å². The molecule has 0 radical (unpaired) electrons. The van der Waals surface area contributed by atoms with E-state index in [1.54, 1.807) is 31.2 Å². The molecular weight excluding hydrogens is 511 g/mol. The summed E-state index contributed by atoms with van der Waals surface area (Å²) in [6.07, 6.45) is 2.02. The second-order valence-electron chi connectivity index (χ2n) is 9.45. The van der Waals surface area contributed by atoms with Crippen molar-refractivity contribution in [2.45, 2.75) is 32.2 Å². The lowest BCUT2D eigenvalue weighted by Gasteiger charge is -2.29. The fourth-order valence-electron chi connectivity index (χ4n) is 4.51. The molecule has 206 valence electrons. The zero-order valence-corrected chi connectivity index (χ0v) is 22.0. The second-order valence-corrected chi connectivity index (χ2v) is 9.45. The lowest BCUT2D eigenvalue weighted by Crippen LogP contribution is -2.46. The summed E-state index contributed by atoms with van der Waals surface area (Å²) in [5.74, 6) is -1.16. The number of aryl methyl sites for hydroxylation is 1. The highest BCUT2D eigenvalue weighted by Gasteiger charge is 2.31. The Labute approximate surface area is 231 Å². The van der Waals surface area contributed by atoms with Crippen LogP contribution in [0.25, 0.3) is 0 Å². The average molecular weight is 543 g/mol. The van der Waals surface area contributed by atoms with Crippen LogP contribution in [0.4, 0.5) is 20.6 Å². The number of carbonyl (C=O) groups excluding carboxylic acids is 3. The fraction of sp³-hybridized carbons (Fsp3) is 0.200. The molecule has 40 heavy (non-hydrogen) atoms. The number of hydrogen-bond donors (Lipinski definition) is 6. The maximum absolute atomic E-state index is 14.7. The van der Waals surface area contributed by atoms with Crippen LogP contribution in [-0.4, -0.2) is 30.6 Å². The molecule has 10 heteroatoms. The zero-order valence-electron chi connectivity index (χ0n) is 22.0. The van der Waals surface area contributed by atoms with E-state index in [1.165, 1.54) is 12.1 Å². The fourth-order valence-corrected chi connectivity index (χ4v) is 4.51. The maximum atomic E-state index is 14.7. The Hall–Kier alpha value is -4.99. The highest BCUT2D eigenvalue weighted by Crippen LogP contribution is 2.29. The van der Waals surface area contributed by atoms with Crippen LogP contribution in [-0.2, 0) is 22.4 Å². The predicted octanol–water partition coefficient (Wildman–Crippen LogP) is 3.96. The molecule has 1 aliphatic rings. The van der Waals surface area contributed by atoms with Gasteiger partial charge in [0.2, 0.25) is 5.91 Å². The molecule has 3 aromatic rings. The van der Waals surface area contributed by atoms with E-state index in [2.05, 4.69) is 21.3 Å². The van der Waals surface area contributed by atoms with Gasteiger partial charge in [-0.25, -0.2) is 9.18 Å². The highest BCUT2D eigenvalue weighted by molar-refractivity contribution is 6.07. The molecule has 0 aliphatic carbocycles. The maximum Gasteiger partial charge on any atom is 0.319 e. The van der Waals surface area contributed by atoms with Gasteiger partial charge >= 0.3 is 6.03 Å². The molecule has 0 fully saturated rings. The molecule has 4 amide bonds. The van der Waals surface area contributed by atoms with Gasteiger partial charge in [-0.1, -0.05) is 42.5 Å². The number of halogens is 1. The monoisotopic (exact) mass is 542 g/mol. The van der Waals surface area contributed by atoms with E-state index in [4.69, 9.17) is 11.1 Å². The van der Waals surface area contributed by atoms with E-state index < -0.39 is 23.8 Å². The number of carbonyl (C=O) groups is 3. The summed E-state index contributed by atoms with van der Waals surface area (Å²) >= 11 is 0. The largest absolute Gasteiger partial charge is 0.398 e. The van der Waals surface area contributed by atoms with Gasteiger partial charge in [-0.3, -0.25) is 9.59 Å². The van der Waals surface area contributed by atoms with Gasteiger partial charge < -0.3 is 32.4 Å². The quantitative estimate of drug-likeness (QED) is 0.170. The third kappa shape index (κ3) is 6.90. The van der Waals surface area contributed by atoms with E-state index in [1.807, 2.05) is 30.3 Å². The van der Waals surface area contributed by atoms with E-state index in [0.29, 0.717) is 46.7 Å². The smallest absolute Gasteiger partial charge is 0.319 e. The van der Waals surface area contributed by atoms with Crippen molar-refractivity contribution in [1.29, 1.82) is 5.41 Å². The van der Waals surface area contributed by atoms with Gasteiger partial charge in [-0.15, -0.1) is 0 Å². The topological polar surface area (TPSA) is 149 Å². The molecule has 0 spiro atoms. The molecule has 1 heterocycles. The third-order valence-corrected chi connectivity index (χ3v) is 6.62. The summed E-state index contributed by atoms with van der Waals surface area (Å²) in [6, 6.07) is 17.5. The van der Waals surface area contributed by atoms with Crippen LogP contribution >= 0.6 is 0 Å². The number of hydrogen-bond acceptors (Lipinski definition) is 5. The van der Waals surface area contributed by atoms with Gasteiger partial charge in [0.05, 0.1) is 11.6 Å². The molecule has 0 saturated carbocycles. The van der Waals surface area contributed by atoms with Crippen molar-refractivity contribution in [2.75, 3.05) is 17.6 Å². The van der Waals surface area contributed by atoms with Gasteiger partial charge in [-0.2, -0.15) is 0 Å². The Morgan fingerprint density at radius 3 is 2.60 bits per heavy atom. The Morgan fingerprint density at radius 1 is 1.07 bits per heavy atom. The molecule has 4 rings (SSSR count). The SMILES string of the molecule is CC1=C(C(=O)Nc2ccc(N)c(C=N)c2)C(c2ccc(F)c(CCC(=O)NCCc3ccccc3)c2)NC(=O)N1. The van der Waals surface area contributed by atoms with Crippen molar-refractivity contribution >= 4 is 35.4 Å². The van der Waals surface area contributed by atoms with Crippen LogP contribution in [0.1, 0.15) is 41.6 Å². The lowest BCUT2D eigenvalue weighted by molar-refractivity contribution is -0.121. The molecule has 1 aliphatic heterocycles. The first kappa shape index (κ1) is 28.0. The average Bonchev–Trinajstić information content (AvgIpc) is 2.93. The van der Waals surface area contributed by atoms with Crippen LogP contribution in [0.3, 0.4) is 0 Å². The molecule has 1 unspecified atom stereocenters. The van der Waals surface area contributed by atoms with Crippen molar-refractivity contribution in [3.63, 3.8) is 0 Å². The molecule has 7 N–H and O–H groups in total. The van der Waals surface area contributed by atoms with Crippen molar-refractivity contribution in [3.8, 4) is 0 Å². The van der Waals surface area contributed by atoms with Crippen LogP contribution in [0, 0.1) is 11.2 Å². The summed E-state index contributed by atoms with van der Waals surface area (Å²) in [7, 11) is 0. The molecule has 0 saturated heterocycles. The van der Waals surface area contributed by atoms with Crippen LogP contribution in [0.2, 0.25) is 0 Å². The summed E-state index contributed by atoms with van der Waals surface area (Å²) in [5, 5.41) is 18.5. The highest BCUT2D eigenvalue weighted by atomic mass is 19.1. The molecule has 1 atom stereocenters. The first-order chi connectivity index (χ1) is 19.2. The number of urea groups is 1. The number of nitrogen functional groups attached to an aromatic ring is 1. The number of allylic oxidation sites excluding steroid dienone is 1. The van der Waals surface area contributed by atoms with Crippen LogP contribution < -0.4 is 27.0 Å². The molecule has 0 bridgehead atoms. The minimum absolute atomic E-state index is 0.0858. The second kappa shape index (κ2) is 12.7. The standard InChI is InChI=1S/C30H31FN6O3/c1-18-27(29(39)36-23-9-11-25(33)22(16-23)17-32)28(37-30(40)35-18)21-7-10-24(31)20(15-21)8-12-26(38)34-14-13-19-5-3-2-4-6-19/h2-7,9-11,15-17,28,32H,8,12-14,33H2,1H3,(H,34,38)(H,36,39)(H2,35,37,40). The van der Waals surface area contributed by atoms with Crippen molar-refractivity contribution in [3.05, 3.63) is 106 Å². The molecule has 9 nitrogen and oxygen atoms in total. The normalized spacial score (nSPS) is 14.7. The molecular formula is C30H31FN6O3. The Bertz CT molecular complexity index is 1470. The lowest BCUT2D eigenvalue weighted by atomic mass is 9.92.